The third-order valence-electron chi connectivity index (χ3n) is 3.35. The van der Waals surface area contributed by atoms with Crippen LogP contribution in [0, 0.1) is 0 Å². The second-order valence-corrected chi connectivity index (χ2v) is 6.35. The lowest BCUT2D eigenvalue weighted by molar-refractivity contribution is 0.397. The van der Waals surface area contributed by atoms with Crippen molar-refractivity contribution < 1.29 is 4.74 Å². The molecule has 2 aromatic rings. The van der Waals surface area contributed by atoms with E-state index >= 15 is 0 Å². The highest BCUT2D eigenvalue weighted by Gasteiger charge is 2.02. The van der Waals surface area contributed by atoms with E-state index in [0.29, 0.717) is 12.4 Å². The SMILES string of the molecule is CCNC(=NCc1ccc(OC)nc1)NCCc1ncc(CC)s1. The van der Waals surface area contributed by atoms with Crippen LogP contribution in [-0.4, -0.2) is 36.1 Å². The number of aliphatic imine (C=N–C) groups is 1. The fourth-order valence-corrected chi connectivity index (χ4v) is 2.91. The Labute approximate surface area is 147 Å². The van der Waals surface area contributed by atoms with E-state index in [2.05, 4.69) is 39.4 Å². The van der Waals surface area contributed by atoms with Crippen LogP contribution in [-0.2, 0) is 19.4 Å². The van der Waals surface area contributed by atoms with Crippen LogP contribution in [0.5, 0.6) is 5.88 Å². The van der Waals surface area contributed by atoms with Crippen LogP contribution in [0.25, 0.3) is 0 Å². The van der Waals surface area contributed by atoms with E-state index in [4.69, 9.17) is 4.74 Å². The molecule has 0 radical (unpaired) electrons. The summed E-state index contributed by atoms with van der Waals surface area (Å²) in [6.07, 6.45) is 5.70. The van der Waals surface area contributed by atoms with Gasteiger partial charge in [0.25, 0.3) is 0 Å². The molecular formula is C17H25N5OS. The third kappa shape index (κ3) is 5.81. The minimum atomic E-state index is 0.573. The van der Waals surface area contributed by atoms with Gasteiger partial charge in [-0.2, -0.15) is 0 Å². The van der Waals surface area contributed by atoms with Crippen molar-refractivity contribution in [2.24, 2.45) is 4.99 Å². The second-order valence-electron chi connectivity index (χ2n) is 5.15. The molecule has 0 aliphatic rings. The van der Waals surface area contributed by atoms with Gasteiger partial charge in [0.1, 0.15) is 0 Å². The normalized spacial score (nSPS) is 11.4. The zero-order valence-electron chi connectivity index (χ0n) is 14.5. The molecule has 0 saturated heterocycles. The van der Waals surface area contributed by atoms with Crippen LogP contribution < -0.4 is 15.4 Å². The van der Waals surface area contributed by atoms with Crippen molar-refractivity contribution in [1.29, 1.82) is 0 Å². The Balaban J connectivity index is 1.85. The largest absolute Gasteiger partial charge is 0.481 e. The second kappa shape index (κ2) is 9.87. The number of thiazole rings is 1. The summed E-state index contributed by atoms with van der Waals surface area (Å²) in [7, 11) is 1.61. The maximum absolute atomic E-state index is 5.06. The van der Waals surface area contributed by atoms with Crippen LogP contribution in [0.3, 0.4) is 0 Å². The lowest BCUT2D eigenvalue weighted by atomic mass is 10.3. The van der Waals surface area contributed by atoms with Crippen LogP contribution in [0.4, 0.5) is 0 Å². The molecular weight excluding hydrogens is 322 g/mol. The molecule has 0 bridgehead atoms. The summed E-state index contributed by atoms with van der Waals surface area (Å²) >= 11 is 1.78. The quantitative estimate of drug-likeness (QED) is 0.567. The summed E-state index contributed by atoms with van der Waals surface area (Å²) < 4.78 is 5.06. The Kier molecular flexibility index (Phi) is 7.48. The summed E-state index contributed by atoms with van der Waals surface area (Å²) in [6, 6.07) is 3.82. The zero-order chi connectivity index (χ0) is 17.2. The van der Waals surface area contributed by atoms with Gasteiger partial charge in [0.05, 0.1) is 18.7 Å². The minimum absolute atomic E-state index is 0.573. The summed E-state index contributed by atoms with van der Waals surface area (Å²) in [5, 5.41) is 7.77. The molecule has 0 aromatic carbocycles. The van der Waals surface area contributed by atoms with E-state index < -0.39 is 0 Å². The van der Waals surface area contributed by atoms with E-state index in [0.717, 1.165) is 42.5 Å². The molecule has 0 atom stereocenters. The van der Waals surface area contributed by atoms with Crippen LogP contribution >= 0.6 is 11.3 Å². The van der Waals surface area contributed by atoms with E-state index in [9.17, 15) is 0 Å². The monoisotopic (exact) mass is 347 g/mol. The molecule has 7 heteroatoms. The van der Waals surface area contributed by atoms with Gasteiger partial charge < -0.3 is 15.4 Å². The first-order valence-corrected chi connectivity index (χ1v) is 9.01. The van der Waals surface area contributed by atoms with Crippen molar-refractivity contribution in [1.82, 2.24) is 20.6 Å². The van der Waals surface area contributed by atoms with Crippen molar-refractivity contribution in [3.63, 3.8) is 0 Å². The Hall–Kier alpha value is -2.15. The number of ether oxygens (including phenoxy) is 1. The molecule has 0 saturated carbocycles. The van der Waals surface area contributed by atoms with Crippen LogP contribution in [0.15, 0.2) is 29.5 Å². The van der Waals surface area contributed by atoms with Gasteiger partial charge in [-0.05, 0) is 18.9 Å². The van der Waals surface area contributed by atoms with Crippen molar-refractivity contribution in [2.45, 2.75) is 33.2 Å². The Morgan fingerprint density at radius 1 is 1.21 bits per heavy atom. The number of aromatic nitrogens is 2. The highest BCUT2D eigenvalue weighted by atomic mass is 32.1. The van der Waals surface area contributed by atoms with Gasteiger partial charge in [-0.1, -0.05) is 13.0 Å². The van der Waals surface area contributed by atoms with Gasteiger partial charge >= 0.3 is 0 Å². The summed E-state index contributed by atoms with van der Waals surface area (Å²) in [4.78, 5) is 14.6. The van der Waals surface area contributed by atoms with Crippen molar-refractivity contribution >= 4 is 17.3 Å². The summed E-state index contributed by atoms with van der Waals surface area (Å²) in [6.45, 7) is 6.41. The molecule has 2 heterocycles. The molecule has 2 N–H and O–H groups in total. The fraction of sp³-hybridized carbons (Fsp3) is 0.471. The number of rotatable bonds is 8. The number of aryl methyl sites for hydroxylation is 1. The minimum Gasteiger partial charge on any atom is -0.481 e. The van der Waals surface area contributed by atoms with Gasteiger partial charge in [0.15, 0.2) is 5.96 Å². The van der Waals surface area contributed by atoms with Crippen molar-refractivity contribution in [3.05, 3.63) is 40.0 Å². The summed E-state index contributed by atoms with van der Waals surface area (Å²) in [5.41, 5.74) is 1.04. The predicted octanol–water partition coefficient (Wildman–Crippen LogP) is 2.41. The molecule has 0 aliphatic carbocycles. The zero-order valence-corrected chi connectivity index (χ0v) is 15.3. The lowest BCUT2D eigenvalue weighted by Crippen LogP contribution is -2.38. The molecule has 2 aromatic heterocycles. The Morgan fingerprint density at radius 3 is 2.71 bits per heavy atom. The molecule has 0 unspecified atom stereocenters. The van der Waals surface area contributed by atoms with Gasteiger partial charge in [0, 0.05) is 42.8 Å². The first kappa shape index (κ1) is 18.2. The van der Waals surface area contributed by atoms with Gasteiger partial charge in [0.2, 0.25) is 5.88 Å². The van der Waals surface area contributed by atoms with Crippen LogP contribution in [0.1, 0.15) is 29.3 Å². The number of methoxy groups -OCH3 is 1. The molecule has 0 aliphatic heterocycles. The van der Waals surface area contributed by atoms with E-state index in [1.807, 2.05) is 18.3 Å². The standard InChI is InChI=1S/C17H25N5OS/c1-4-14-12-21-16(24-14)8-9-19-17(18-5-2)22-11-13-6-7-15(23-3)20-10-13/h6-7,10,12H,4-5,8-9,11H2,1-3H3,(H2,18,19,22). The van der Waals surface area contributed by atoms with Gasteiger partial charge in [-0.25, -0.2) is 15.0 Å². The van der Waals surface area contributed by atoms with E-state index in [-0.39, 0.29) is 0 Å². The first-order chi connectivity index (χ1) is 11.7. The number of nitrogens with zero attached hydrogens (tertiary/aromatic N) is 3. The smallest absolute Gasteiger partial charge is 0.212 e. The number of hydrogen-bond donors (Lipinski definition) is 2. The topological polar surface area (TPSA) is 71.4 Å². The van der Waals surface area contributed by atoms with Crippen LogP contribution in [0.2, 0.25) is 0 Å². The first-order valence-electron chi connectivity index (χ1n) is 8.19. The Bertz CT molecular complexity index is 639. The average molecular weight is 347 g/mol. The summed E-state index contributed by atoms with van der Waals surface area (Å²) in [5.74, 6) is 1.42. The average Bonchev–Trinajstić information content (AvgIpc) is 3.08. The van der Waals surface area contributed by atoms with Gasteiger partial charge in [-0.3, -0.25) is 0 Å². The molecule has 130 valence electrons. The third-order valence-corrected chi connectivity index (χ3v) is 4.55. The fourth-order valence-electron chi connectivity index (χ4n) is 2.05. The maximum atomic E-state index is 5.06. The van der Waals surface area contributed by atoms with Crippen molar-refractivity contribution in [2.75, 3.05) is 20.2 Å². The molecule has 0 amide bonds. The highest BCUT2D eigenvalue weighted by molar-refractivity contribution is 7.11. The molecule has 0 fully saturated rings. The molecule has 6 nitrogen and oxygen atoms in total. The van der Waals surface area contributed by atoms with Gasteiger partial charge in [-0.15, -0.1) is 11.3 Å². The molecule has 2 rings (SSSR count). The number of guanidine groups is 1. The Morgan fingerprint density at radius 2 is 2.08 bits per heavy atom. The predicted molar refractivity (Wildman–Crippen MR) is 98.8 cm³/mol. The highest BCUT2D eigenvalue weighted by Crippen LogP contribution is 2.13. The van der Waals surface area contributed by atoms with E-state index in [1.165, 1.54) is 4.88 Å². The van der Waals surface area contributed by atoms with Crippen molar-refractivity contribution in [3.8, 4) is 5.88 Å². The maximum Gasteiger partial charge on any atom is 0.212 e. The molecule has 24 heavy (non-hydrogen) atoms. The lowest BCUT2D eigenvalue weighted by Gasteiger charge is -2.10. The number of pyridine rings is 1. The molecule has 0 spiro atoms. The number of hydrogen-bond acceptors (Lipinski definition) is 5. The van der Waals surface area contributed by atoms with E-state index in [1.54, 1.807) is 24.6 Å². The number of nitrogens with one attached hydrogen (secondary N) is 2.